The van der Waals surface area contributed by atoms with Crippen molar-refractivity contribution >= 4 is 18.1 Å². The molecule has 0 atom stereocenters. The summed E-state index contributed by atoms with van der Waals surface area (Å²) >= 11 is 0. The molecule has 3 N–H and O–H groups in total. The molecular weight excluding hydrogens is 236 g/mol. The minimum atomic E-state index is -0.911. The predicted octanol–water partition coefficient (Wildman–Crippen LogP) is -0.382. The number of guanidine groups is 1. The highest BCUT2D eigenvalue weighted by Gasteiger charge is 2.10. The van der Waals surface area contributed by atoms with Crippen LogP contribution in [0.1, 0.15) is 5.76 Å². The summed E-state index contributed by atoms with van der Waals surface area (Å²) < 4.78 is 4.70. The number of furan rings is 1. The summed E-state index contributed by atoms with van der Waals surface area (Å²) in [5.74, 6) is -0.923. The molecule has 0 aliphatic carbocycles. The van der Waals surface area contributed by atoms with Gasteiger partial charge in [-0.3, -0.25) is 10.1 Å². The van der Waals surface area contributed by atoms with Gasteiger partial charge < -0.3 is 10.2 Å². The van der Waals surface area contributed by atoms with Crippen LogP contribution in [0.5, 0.6) is 0 Å². The van der Waals surface area contributed by atoms with E-state index in [2.05, 4.69) is 10.2 Å². The van der Waals surface area contributed by atoms with Gasteiger partial charge in [0.1, 0.15) is 4.92 Å². The van der Waals surface area contributed by atoms with Gasteiger partial charge in [-0.25, -0.2) is 10.1 Å². The van der Waals surface area contributed by atoms with Crippen molar-refractivity contribution in [2.24, 2.45) is 15.9 Å². The fraction of sp³-hybridized carbons (Fsp3) is 0. The highest BCUT2D eigenvalue weighted by Crippen LogP contribution is 2.13. The highest BCUT2D eigenvalue weighted by atomic mass is 16.7. The number of hydrazine groups is 1. The Hall–Kier alpha value is -2.98. The maximum atomic E-state index is 10.3. The van der Waals surface area contributed by atoms with E-state index in [1.165, 1.54) is 6.07 Å². The van der Waals surface area contributed by atoms with Gasteiger partial charge in [-0.15, -0.1) is 5.10 Å². The van der Waals surface area contributed by atoms with Crippen molar-refractivity contribution in [1.29, 1.82) is 0 Å². The Morgan fingerprint density at radius 3 is 2.71 bits per heavy atom. The molecule has 0 saturated heterocycles. The van der Waals surface area contributed by atoms with Crippen molar-refractivity contribution in [3.05, 3.63) is 38.1 Å². The minimum Gasteiger partial charge on any atom is -0.400 e. The molecule has 11 nitrogen and oxygen atoms in total. The van der Waals surface area contributed by atoms with Gasteiger partial charge in [-0.05, 0) is 6.07 Å². The van der Waals surface area contributed by atoms with Gasteiger partial charge in [0, 0.05) is 0 Å². The quantitative estimate of drug-likeness (QED) is 0.314. The first-order valence-electron chi connectivity index (χ1n) is 4.01. The first-order chi connectivity index (χ1) is 7.99. The summed E-state index contributed by atoms with van der Waals surface area (Å²) in [5.41, 5.74) is 6.59. The molecule has 0 saturated carbocycles. The summed E-state index contributed by atoms with van der Waals surface area (Å²) in [6, 6.07) is 2.41. The van der Waals surface area contributed by atoms with Crippen LogP contribution >= 0.6 is 0 Å². The minimum absolute atomic E-state index is 0.0642. The zero-order valence-electron chi connectivity index (χ0n) is 8.14. The molecule has 1 aromatic heterocycles. The standard InChI is InChI=1S/C6H6N6O5/c7-6(10-12(15)16)9-8-3-4-1-2-5(17-4)11(13)14/h1-3H,(H3,7,9,10). The van der Waals surface area contributed by atoms with Gasteiger partial charge >= 0.3 is 5.88 Å². The molecule has 0 radical (unpaired) electrons. The number of nitrogens with two attached hydrogens (primary N) is 1. The van der Waals surface area contributed by atoms with Crippen molar-refractivity contribution in [3.8, 4) is 0 Å². The van der Waals surface area contributed by atoms with E-state index in [1.54, 1.807) is 5.43 Å². The van der Waals surface area contributed by atoms with Crippen LogP contribution in [0.4, 0.5) is 5.88 Å². The van der Waals surface area contributed by atoms with E-state index in [4.69, 9.17) is 10.2 Å². The third-order valence-electron chi connectivity index (χ3n) is 1.35. The van der Waals surface area contributed by atoms with Gasteiger partial charge in [0.2, 0.25) is 0 Å². The summed E-state index contributed by atoms with van der Waals surface area (Å²) in [5, 5.41) is 25.8. The zero-order valence-corrected chi connectivity index (χ0v) is 8.14. The maximum Gasteiger partial charge on any atom is 0.433 e. The van der Waals surface area contributed by atoms with Crippen molar-refractivity contribution in [2.45, 2.75) is 0 Å². The summed E-state index contributed by atoms with van der Waals surface area (Å²) in [7, 11) is 0. The molecule has 17 heavy (non-hydrogen) atoms. The van der Waals surface area contributed by atoms with Crippen molar-refractivity contribution < 1.29 is 14.4 Å². The van der Waals surface area contributed by atoms with E-state index in [0.29, 0.717) is 0 Å². The number of hydrogen-bond donors (Lipinski definition) is 2. The van der Waals surface area contributed by atoms with Crippen LogP contribution in [0.25, 0.3) is 0 Å². The third-order valence-corrected chi connectivity index (χ3v) is 1.35. The lowest BCUT2D eigenvalue weighted by molar-refractivity contribution is -0.525. The predicted molar refractivity (Wildman–Crippen MR) is 54.7 cm³/mol. The molecule has 0 spiro atoms. The molecular formula is C6H6N6O5. The van der Waals surface area contributed by atoms with Gasteiger partial charge in [0.15, 0.2) is 10.8 Å². The van der Waals surface area contributed by atoms with Crippen molar-refractivity contribution in [2.75, 3.05) is 0 Å². The number of nitrogens with one attached hydrogen (secondary N) is 1. The molecule has 0 bridgehead atoms. The Morgan fingerprint density at radius 1 is 1.47 bits per heavy atom. The second-order valence-electron chi connectivity index (χ2n) is 2.53. The smallest absolute Gasteiger partial charge is 0.400 e. The maximum absolute atomic E-state index is 10.3. The van der Waals surface area contributed by atoms with Crippen LogP contribution in [-0.2, 0) is 0 Å². The molecule has 1 heterocycles. The summed E-state index contributed by atoms with van der Waals surface area (Å²) in [6.07, 6.45) is 1.02. The molecule has 11 heteroatoms. The van der Waals surface area contributed by atoms with Crippen molar-refractivity contribution in [1.82, 2.24) is 5.43 Å². The summed E-state index contributed by atoms with van der Waals surface area (Å²) in [6.45, 7) is 0. The fourth-order valence-corrected chi connectivity index (χ4v) is 0.774. The van der Waals surface area contributed by atoms with E-state index in [0.717, 1.165) is 12.3 Å². The molecule has 0 aromatic carbocycles. The van der Waals surface area contributed by atoms with Gasteiger partial charge in [-0.2, -0.15) is 5.10 Å². The van der Waals surface area contributed by atoms with Crippen LogP contribution < -0.4 is 11.2 Å². The first-order valence-corrected chi connectivity index (χ1v) is 4.01. The third kappa shape index (κ3) is 3.94. The van der Waals surface area contributed by atoms with E-state index >= 15 is 0 Å². The van der Waals surface area contributed by atoms with Crippen LogP contribution in [0.2, 0.25) is 0 Å². The second kappa shape index (κ2) is 5.20. The second-order valence-corrected chi connectivity index (χ2v) is 2.53. The molecule has 0 amide bonds. The average molecular weight is 242 g/mol. The Kier molecular flexibility index (Phi) is 3.70. The molecule has 0 aliphatic heterocycles. The average Bonchev–Trinajstić information content (AvgIpc) is 2.65. The lowest BCUT2D eigenvalue weighted by Gasteiger charge is -1.90. The molecule has 1 rings (SSSR count). The van der Waals surface area contributed by atoms with Gasteiger partial charge in [0.25, 0.3) is 5.96 Å². The Morgan fingerprint density at radius 2 is 2.18 bits per heavy atom. The molecule has 0 unspecified atom stereocenters. The Labute approximate surface area is 92.9 Å². The van der Waals surface area contributed by atoms with Gasteiger partial charge in [-0.1, -0.05) is 5.43 Å². The number of rotatable bonds is 4. The van der Waals surface area contributed by atoms with E-state index in [-0.39, 0.29) is 5.76 Å². The van der Waals surface area contributed by atoms with E-state index in [1.807, 2.05) is 0 Å². The highest BCUT2D eigenvalue weighted by molar-refractivity contribution is 5.79. The van der Waals surface area contributed by atoms with Crippen LogP contribution in [0, 0.1) is 20.2 Å². The van der Waals surface area contributed by atoms with Crippen LogP contribution in [0.15, 0.2) is 26.8 Å². The number of hydrogen-bond acceptors (Lipinski definition) is 7. The molecule has 0 fully saturated rings. The lowest BCUT2D eigenvalue weighted by atomic mass is 10.5. The molecule has 1 aromatic rings. The molecule has 0 aliphatic rings. The van der Waals surface area contributed by atoms with Crippen LogP contribution in [0.3, 0.4) is 0 Å². The van der Waals surface area contributed by atoms with E-state index in [9.17, 15) is 20.2 Å². The monoisotopic (exact) mass is 242 g/mol. The number of nitro groups is 2. The van der Waals surface area contributed by atoms with Crippen molar-refractivity contribution in [3.63, 3.8) is 0 Å². The zero-order chi connectivity index (χ0) is 12.8. The first kappa shape index (κ1) is 12.1. The SMILES string of the molecule is N/C(=N\N=Cc1ccc([N+](=O)[O-])o1)N[N+](=O)[O-]. The normalized spacial score (nSPS) is 11.6. The topological polar surface area (TPSA) is 162 Å². The largest absolute Gasteiger partial charge is 0.433 e. The fourth-order valence-electron chi connectivity index (χ4n) is 0.774. The summed E-state index contributed by atoms with van der Waals surface area (Å²) in [4.78, 5) is 19.4. The Balaban J connectivity index is 2.64. The Bertz CT molecular complexity index is 491. The number of nitrogens with zero attached hydrogens (tertiary/aromatic N) is 4. The van der Waals surface area contributed by atoms with E-state index < -0.39 is 21.8 Å². The lowest BCUT2D eigenvalue weighted by Crippen LogP contribution is -2.35. The van der Waals surface area contributed by atoms with Crippen LogP contribution in [-0.4, -0.2) is 22.1 Å². The van der Waals surface area contributed by atoms with Gasteiger partial charge in [0.05, 0.1) is 12.3 Å². The molecule has 90 valence electrons.